The van der Waals surface area contributed by atoms with Crippen molar-refractivity contribution in [1.82, 2.24) is 9.80 Å². The molecular formula is C24H30N2O9. The summed E-state index contributed by atoms with van der Waals surface area (Å²) in [5.41, 5.74) is 1.71. The highest BCUT2D eigenvalue weighted by Gasteiger charge is 2.23. The van der Waals surface area contributed by atoms with Gasteiger partial charge in [0.25, 0.3) is 5.91 Å². The maximum absolute atomic E-state index is 12.9. The van der Waals surface area contributed by atoms with Crippen molar-refractivity contribution >= 4 is 17.8 Å². The fourth-order valence-corrected chi connectivity index (χ4v) is 3.48. The lowest BCUT2D eigenvalue weighted by Crippen LogP contribution is -2.48. The molecule has 0 unspecified atom stereocenters. The summed E-state index contributed by atoms with van der Waals surface area (Å²) in [6, 6.07) is 11.1. The Kier molecular flexibility index (Phi) is 10.2. The van der Waals surface area contributed by atoms with Gasteiger partial charge in [-0.25, -0.2) is 9.59 Å². The summed E-state index contributed by atoms with van der Waals surface area (Å²) in [5, 5.41) is 14.8. The zero-order valence-corrected chi connectivity index (χ0v) is 20.1. The van der Waals surface area contributed by atoms with E-state index in [-0.39, 0.29) is 5.91 Å². The molecule has 2 aromatic carbocycles. The number of amides is 1. The summed E-state index contributed by atoms with van der Waals surface area (Å²) in [7, 11) is 6.45. The van der Waals surface area contributed by atoms with Gasteiger partial charge in [0.05, 0.1) is 28.4 Å². The number of methoxy groups -OCH3 is 4. The number of piperazine rings is 1. The molecule has 0 spiro atoms. The third-order valence-corrected chi connectivity index (χ3v) is 5.36. The smallest absolute Gasteiger partial charge is 0.414 e. The van der Waals surface area contributed by atoms with Crippen LogP contribution in [0.2, 0.25) is 0 Å². The van der Waals surface area contributed by atoms with Gasteiger partial charge < -0.3 is 34.1 Å². The zero-order chi connectivity index (χ0) is 26.0. The molecule has 1 heterocycles. The Balaban J connectivity index is 0.000000641. The van der Waals surface area contributed by atoms with E-state index in [0.717, 1.165) is 36.7 Å². The Labute approximate surface area is 203 Å². The number of aliphatic carboxylic acids is 2. The van der Waals surface area contributed by atoms with Crippen LogP contribution in [-0.2, 0) is 16.1 Å². The first-order valence-electron chi connectivity index (χ1n) is 10.6. The molecule has 0 saturated carbocycles. The average Bonchev–Trinajstić information content (AvgIpc) is 2.88. The highest BCUT2D eigenvalue weighted by molar-refractivity contribution is 6.27. The predicted octanol–water partition coefficient (Wildman–Crippen LogP) is 1.83. The largest absolute Gasteiger partial charge is 0.497 e. The summed E-state index contributed by atoms with van der Waals surface area (Å²) in [5.74, 6) is -0.882. The number of hydrogen-bond donors (Lipinski definition) is 2. The van der Waals surface area contributed by atoms with Crippen molar-refractivity contribution in [3.63, 3.8) is 0 Å². The van der Waals surface area contributed by atoms with E-state index in [9.17, 15) is 4.79 Å². The zero-order valence-electron chi connectivity index (χ0n) is 20.1. The number of ether oxygens (including phenoxy) is 4. The number of rotatable bonds is 7. The van der Waals surface area contributed by atoms with Crippen molar-refractivity contribution in [2.75, 3.05) is 54.6 Å². The second-order valence-corrected chi connectivity index (χ2v) is 7.43. The molecule has 1 saturated heterocycles. The van der Waals surface area contributed by atoms with Gasteiger partial charge in [-0.05, 0) is 24.3 Å². The van der Waals surface area contributed by atoms with E-state index in [1.165, 1.54) is 0 Å². The number of carboxylic acids is 2. The van der Waals surface area contributed by atoms with Crippen molar-refractivity contribution < 1.29 is 43.5 Å². The Bertz CT molecular complexity index is 1020. The van der Waals surface area contributed by atoms with Crippen LogP contribution < -0.4 is 18.9 Å². The Morgan fingerprint density at radius 1 is 0.743 bits per heavy atom. The van der Waals surface area contributed by atoms with E-state index < -0.39 is 11.9 Å². The SMILES string of the molecule is COc1ccc(CN2CCN(C(=O)c3ccc(OC)c(OC)c3)CC2)c(OC)c1.O=C(O)C(=O)O. The quantitative estimate of drug-likeness (QED) is 0.554. The summed E-state index contributed by atoms with van der Waals surface area (Å²) >= 11 is 0. The molecule has 2 N–H and O–H groups in total. The van der Waals surface area contributed by atoms with Gasteiger partial charge in [-0.3, -0.25) is 9.69 Å². The highest BCUT2D eigenvalue weighted by Crippen LogP contribution is 2.29. The second kappa shape index (κ2) is 13.0. The van der Waals surface area contributed by atoms with E-state index in [1.807, 2.05) is 23.1 Å². The fourth-order valence-electron chi connectivity index (χ4n) is 3.48. The molecule has 3 rings (SSSR count). The highest BCUT2D eigenvalue weighted by atomic mass is 16.5. The number of carbonyl (C=O) groups excluding carboxylic acids is 1. The van der Waals surface area contributed by atoms with Crippen LogP contribution in [0.1, 0.15) is 15.9 Å². The van der Waals surface area contributed by atoms with Gasteiger partial charge in [-0.1, -0.05) is 6.07 Å². The molecule has 190 valence electrons. The molecule has 11 nitrogen and oxygen atoms in total. The third kappa shape index (κ3) is 7.51. The van der Waals surface area contributed by atoms with Gasteiger partial charge in [0.1, 0.15) is 11.5 Å². The average molecular weight is 491 g/mol. The lowest BCUT2D eigenvalue weighted by molar-refractivity contribution is -0.159. The van der Waals surface area contributed by atoms with Crippen LogP contribution >= 0.6 is 0 Å². The molecule has 0 aromatic heterocycles. The summed E-state index contributed by atoms with van der Waals surface area (Å²) in [4.78, 5) is 35.3. The lowest BCUT2D eigenvalue weighted by atomic mass is 10.1. The van der Waals surface area contributed by atoms with E-state index in [1.54, 1.807) is 46.6 Å². The number of hydrogen-bond acceptors (Lipinski definition) is 8. The van der Waals surface area contributed by atoms with Crippen LogP contribution in [-0.4, -0.2) is 92.5 Å². The molecule has 1 aliphatic heterocycles. The van der Waals surface area contributed by atoms with Crippen molar-refractivity contribution in [3.05, 3.63) is 47.5 Å². The van der Waals surface area contributed by atoms with Gasteiger partial charge in [-0.15, -0.1) is 0 Å². The molecule has 1 amide bonds. The number of carbonyl (C=O) groups is 3. The maximum atomic E-state index is 12.9. The Hall–Kier alpha value is -3.99. The minimum Gasteiger partial charge on any atom is -0.497 e. The first-order valence-corrected chi connectivity index (χ1v) is 10.6. The first kappa shape index (κ1) is 27.3. The standard InChI is InChI=1S/C22H28N2O5.C2H2O4/c1-26-18-7-5-17(20(14-18)28-3)15-23-9-11-24(12-10-23)22(25)16-6-8-19(27-2)21(13-16)29-4;3-1(4)2(5)6/h5-8,13-14H,9-12,15H2,1-4H3;(H,3,4)(H,5,6). The minimum atomic E-state index is -1.82. The van der Waals surface area contributed by atoms with Crippen LogP contribution in [0.25, 0.3) is 0 Å². The van der Waals surface area contributed by atoms with Crippen molar-refractivity contribution in [1.29, 1.82) is 0 Å². The van der Waals surface area contributed by atoms with Crippen LogP contribution in [0.3, 0.4) is 0 Å². The number of nitrogens with zero attached hydrogens (tertiary/aromatic N) is 2. The first-order chi connectivity index (χ1) is 16.7. The molecule has 1 fully saturated rings. The molecule has 1 aliphatic rings. The molecule has 0 radical (unpaired) electrons. The number of carboxylic acid groups (broad SMARTS) is 2. The second-order valence-electron chi connectivity index (χ2n) is 7.43. The third-order valence-electron chi connectivity index (χ3n) is 5.36. The Morgan fingerprint density at radius 2 is 1.34 bits per heavy atom. The molecule has 35 heavy (non-hydrogen) atoms. The van der Waals surface area contributed by atoms with Gasteiger partial charge >= 0.3 is 11.9 Å². The molecule has 0 aliphatic carbocycles. The van der Waals surface area contributed by atoms with Crippen molar-refractivity contribution in [3.8, 4) is 23.0 Å². The molecule has 0 atom stereocenters. The van der Waals surface area contributed by atoms with Gasteiger partial charge in [0.15, 0.2) is 11.5 Å². The normalized spacial score (nSPS) is 13.2. The monoisotopic (exact) mass is 490 g/mol. The topological polar surface area (TPSA) is 135 Å². The maximum Gasteiger partial charge on any atom is 0.414 e. The van der Waals surface area contributed by atoms with Crippen molar-refractivity contribution in [2.24, 2.45) is 0 Å². The van der Waals surface area contributed by atoms with Crippen LogP contribution in [0, 0.1) is 0 Å². The van der Waals surface area contributed by atoms with E-state index >= 15 is 0 Å². The predicted molar refractivity (Wildman–Crippen MR) is 126 cm³/mol. The van der Waals surface area contributed by atoms with Gasteiger partial charge in [0, 0.05) is 49.9 Å². The van der Waals surface area contributed by atoms with Crippen LogP contribution in [0.15, 0.2) is 36.4 Å². The van der Waals surface area contributed by atoms with Crippen LogP contribution in [0.5, 0.6) is 23.0 Å². The summed E-state index contributed by atoms with van der Waals surface area (Å²) in [6.07, 6.45) is 0. The van der Waals surface area contributed by atoms with Gasteiger partial charge in [-0.2, -0.15) is 0 Å². The Morgan fingerprint density at radius 3 is 1.86 bits per heavy atom. The molecule has 2 aromatic rings. The van der Waals surface area contributed by atoms with Crippen molar-refractivity contribution in [2.45, 2.75) is 6.54 Å². The van der Waals surface area contributed by atoms with E-state index in [4.69, 9.17) is 38.7 Å². The lowest BCUT2D eigenvalue weighted by Gasteiger charge is -2.35. The number of benzene rings is 2. The van der Waals surface area contributed by atoms with Crippen LogP contribution in [0.4, 0.5) is 0 Å². The molecular weight excluding hydrogens is 460 g/mol. The molecule has 11 heteroatoms. The molecule has 0 bridgehead atoms. The van der Waals surface area contributed by atoms with E-state index in [2.05, 4.69) is 4.90 Å². The minimum absolute atomic E-state index is 0.00707. The van der Waals surface area contributed by atoms with Gasteiger partial charge in [0.2, 0.25) is 0 Å². The summed E-state index contributed by atoms with van der Waals surface area (Å²) < 4.78 is 21.3. The van der Waals surface area contributed by atoms with E-state index in [0.29, 0.717) is 30.2 Å². The fraction of sp³-hybridized carbons (Fsp3) is 0.375. The summed E-state index contributed by atoms with van der Waals surface area (Å²) in [6.45, 7) is 3.71.